The molecule has 9 nitrogen and oxygen atoms in total. The molecule has 2 saturated heterocycles. The Labute approximate surface area is 300 Å². The molecule has 0 radical (unpaired) electrons. The van der Waals surface area contributed by atoms with Gasteiger partial charge in [0, 0.05) is 49.3 Å². The smallest absolute Gasteiger partial charge is 0.418 e. The van der Waals surface area contributed by atoms with E-state index in [2.05, 4.69) is 48.7 Å². The second-order valence-corrected chi connectivity index (χ2v) is 21.4. The highest BCUT2D eigenvalue weighted by Gasteiger charge is 2.53. The maximum Gasteiger partial charge on any atom is 0.418 e. The molecule has 3 aliphatic heterocycles. The lowest BCUT2D eigenvalue weighted by atomic mass is 9.71. The molecule has 3 fully saturated rings. The van der Waals surface area contributed by atoms with Gasteiger partial charge in [-0.2, -0.15) is 23.1 Å². The molecule has 0 bridgehead atoms. The number of halogens is 6. The monoisotopic (exact) mass is 754 g/mol. The van der Waals surface area contributed by atoms with Crippen molar-refractivity contribution >= 4 is 42.3 Å². The van der Waals surface area contributed by atoms with Crippen LogP contribution >= 0.6 is 11.6 Å². The van der Waals surface area contributed by atoms with Crippen molar-refractivity contribution in [3.63, 3.8) is 0 Å². The molecular weight excluding hydrogens is 711 g/mol. The molecule has 1 saturated carbocycles. The second-order valence-electron chi connectivity index (χ2n) is 16.2. The summed E-state index contributed by atoms with van der Waals surface area (Å²) < 4.78 is 93.7. The summed E-state index contributed by atoms with van der Waals surface area (Å²) in [5.41, 5.74) is 1.86. The van der Waals surface area contributed by atoms with Crippen molar-refractivity contribution in [2.75, 3.05) is 44.0 Å². The fourth-order valence-corrected chi connectivity index (χ4v) is 9.80. The van der Waals surface area contributed by atoms with E-state index in [1.165, 1.54) is 0 Å². The summed E-state index contributed by atoms with van der Waals surface area (Å²) >= 11 is 6.06. The fraction of sp³-hybridized carbons (Fsp3) is 0.629. The molecule has 5 heterocycles. The van der Waals surface area contributed by atoms with Crippen LogP contribution in [0, 0.1) is 5.82 Å². The van der Waals surface area contributed by atoms with Gasteiger partial charge in [0.25, 0.3) is 0 Å². The number of pyridine rings is 1. The average Bonchev–Trinajstić information content (AvgIpc) is 3.52. The van der Waals surface area contributed by atoms with Crippen LogP contribution in [0.2, 0.25) is 23.2 Å². The molecule has 278 valence electrons. The Kier molecular flexibility index (Phi) is 8.75. The molecule has 0 amide bonds. The predicted octanol–water partition coefficient (Wildman–Crippen LogP) is 8.18. The molecule has 16 heteroatoms. The second kappa shape index (κ2) is 12.3. The number of ether oxygens (including phenoxy) is 2. The topological polar surface area (TPSA) is 98.9 Å². The zero-order chi connectivity index (χ0) is 36.9. The molecule has 1 spiro atoms. The lowest BCUT2D eigenvalue weighted by Gasteiger charge is -2.56. The Morgan fingerprint density at radius 2 is 1.82 bits per heavy atom. The van der Waals surface area contributed by atoms with Crippen LogP contribution in [-0.2, 0) is 10.6 Å². The van der Waals surface area contributed by atoms with Crippen LogP contribution in [0.3, 0.4) is 0 Å². The van der Waals surface area contributed by atoms with Gasteiger partial charge in [0.1, 0.15) is 35.2 Å². The maximum atomic E-state index is 16.9. The number of fused-ring (bicyclic) bond motifs is 1. The zero-order valence-electron chi connectivity index (χ0n) is 29.7. The molecule has 51 heavy (non-hydrogen) atoms. The number of alkyl halides is 4. The number of rotatable bonds is 6. The van der Waals surface area contributed by atoms with Gasteiger partial charge >= 0.3 is 12.2 Å². The van der Waals surface area contributed by atoms with Crippen LogP contribution in [0.1, 0.15) is 64.9 Å². The third-order valence-corrected chi connectivity index (χ3v) is 16.7. The summed E-state index contributed by atoms with van der Waals surface area (Å²) in [7, 11) is -0.217. The van der Waals surface area contributed by atoms with Crippen molar-refractivity contribution in [3.05, 3.63) is 28.5 Å². The number of anilines is 2. The molecule has 1 aliphatic carbocycles. The van der Waals surface area contributed by atoms with Crippen LogP contribution < -0.4 is 20.1 Å². The summed E-state index contributed by atoms with van der Waals surface area (Å²) in [5, 5.41) is -0.571. The fourth-order valence-electron chi connectivity index (χ4n) is 8.12. The average molecular weight is 755 g/mol. The normalized spacial score (nSPS) is 26.9. The van der Waals surface area contributed by atoms with Crippen molar-refractivity contribution in [3.8, 4) is 23.1 Å². The quantitative estimate of drug-likeness (QED) is 0.152. The third-order valence-electron chi connectivity index (χ3n) is 11.9. The van der Waals surface area contributed by atoms with E-state index in [-0.39, 0.29) is 58.7 Å². The van der Waals surface area contributed by atoms with Crippen LogP contribution in [0.4, 0.5) is 33.5 Å². The Bertz CT molecular complexity index is 1870. The van der Waals surface area contributed by atoms with Gasteiger partial charge in [0.05, 0.1) is 22.7 Å². The van der Waals surface area contributed by atoms with Crippen molar-refractivity contribution in [1.82, 2.24) is 19.9 Å². The molecule has 2 atom stereocenters. The van der Waals surface area contributed by atoms with E-state index in [9.17, 15) is 17.6 Å². The number of benzene rings is 1. The summed E-state index contributed by atoms with van der Waals surface area (Å²) in [4.78, 5) is 17.6. The van der Waals surface area contributed by atoms with Gasteiger partial charge in [-0.3, -0.25) is 4.90 Å². The van der Waals surface area contributed by atoms with E-state index in [0.29, 0.717) is 32.2 Å². The zero-order valence-corrected chi connectivity index (χ0v) is 31.4. The molecule has 2 N–H and O–H groups in total. The van der Waals surface area contributed by atoms with Gasteiger partial charge in [-0.05, 0) is 62.5 Å². The lowest BCUT2D eigenvalue weighted by molar-refractivity contribution is -0.137. The van der Waals surface area contributed by atoms with Crippen molar-refractivity contribution in [1.29, 1.82) is 0 Å². The number of hydrogen-bond acceptors (Lipinski definition) is 9. The summed E-state index contributed by atoms with van der Waals surface area (Å²) in [6, 6.07) is 1.77. The standard InChI is InChI=1S/C35H44ClF5N6O3Si/c1-32(2,3)51(5,6)50-21-15-33(16-21)9-11-48-30-24-28(26(38)27(43-30)22-12-20(42)13-23(36)25(22)35(39,40)41)44-31(45-29(24)46(33)4)49-18-34-8-7-10-47(34)17-19(37)14-34/h12-13,19,21H,7-11,14-18,42H2,1-6H3/t19-,21?,33?,34+/m1/s1. The van der Waals surface area contributed by atoms with Gasteiger partial charge in [0.15, 0.2) is 14.1 Å². The minimum Gasteiger partial charge on any atom is -0.477 e. The van der Waals surface area contributed by atoms with E-state index in [1.807, 2.05) is 11.9 Å². The highest BCUT2D eigenvalue weighted by Crippen LogP contribution is 2.51. The molecule has 3 aromatic rings. The van der Waals surface area contributed by atoms with Gasteiger partial charge in [-0.1, -0.05) is 32.4 Å². The van der Waals surface area contributed by atoms with E-state index < -0.39 is 59.4 Å². The van der Waals surface area contributed by atoms with E-state index in [1.54, 1.807) is 0 Å². The molecular formula is C35H44ClF5N6O3Si. The first-order valence-electron chi connectivity index (χ1n) is 17.4. The number of nitrogen functional groups attached to an aromatic ring is 1. The van der Waals surface area contributed by atoms with Gasteiger partial charge < -0.3 is 24.5 Å². The van der Waals surface area contributed by atoms with Crippen molar-refractivity contribution in [2.45, 2.75) is 107 Å². The van der Waals surface area contributed by atoms with Crippen molar-refractivity contribution < 1.29 is 35.9 Å². The molecule has 1 aromatic carbocycles. The Balaban J connectivity index is 1.35. The number of nitrogens with zero attached hydrogens (tertiary/aromatic N) is 5. The third kappa shape index (κ3) is 6.19. The SMILES string of the molecule is CN1c2nc(OC[C@@]34CCCN3C[C@H](F)C4)nc3c(F)c(-c4cc(N)cc(Cl)c4C(F)(F)F)nc(c23)OCCC12CC(O[Si](C)(C)C(C)(C)C)C2. The first kappa shape index (κ1) is 36.3. The van der Waals surface area contributed by atoms with E-state index >= 15 is 4.39 Å². The van der Waals surface area contributed by atoms with E-state index in [4.69, 9.17) is 36.2 Å². The van der Waals surface area contributed by atoms with Gasteiger partial charge in [0.2, 0.25) is 5.88 Å². The highest BCUT2D eigenvalue weighted by molar-refractivity contribution is 6.74. The largest absolute Gasteiger partial charge is 0.477 e. The summed E-state index contributed by atoms with van der Waals surface area (Å²) in [5.74, 6) is -0.994. The highest BCUT2D eigenvalue weighted by atomic mass is 35.5. The lowest BCUT2D eigenvalue weighted by Crippen LogP contribution is -2.62. The van der Waals surface area contributed by atoms with Gasteiger partial charge in [-0.15, -0.1) is 0 Å². The predicted molar refractivity (Wildman–Crippen MR) is 188 cm³/mol. The van der Waals surface area contributed by atoms with E-state index in [0.717, 1.165) is 31.5 Å². The van der Waals surface area contributed by atoms with Gasteiger partial charge in [-0.25, -0.2) is 13.8 Å². The first-order chi connectivity index (χ1) is 23.7. The Hall–Kier alpha value is -3.01. The Morgan fingerprint density at radius 1 is 1.10 bits per heavy atom. The van der Waals surface area contributed by atoms with Crippen LogP contribution in [0.15, 0.2) is 12.1 Å². The minimum atomic E-state index is -4.96. The Morgan fingerprint density at radius 3 is 2.51 bits per heavy atom. The molecule has 0 unspecified atom stereocenters. The molecule has 7 rings (SSSR count). The van der Waals surface area contributed by atoms with Crippen LogP contribution in [0.25, 0.3) is 22.2 Å². The number of nitrogens with two attached hydrogens (primary N) is 1. The minimum absolute atomic E-state index is 0.00457. The summed E-state index contributed by atoms with van der Waals surface area (Å²) in [6.45, 7) is 12.3. The van der Waals surface area contributed by atoms with Crippen LogP contribution in [0.5, 0.6) is 11.9 Å². The van der Waals surface area contributed by atoms with Crippen LogP contribution in [-0.4, -0.2) is 84.9 Å². The summed E-state index contributed by atoms with van der Waals surface area (Å²) in [6.07, 6.45) is -2.20. The maximum absolute atomic E-state index is 16.9. The van der Waals surface area contributed by atoms with Crippen molar-refractivity contribution in [2.24, 2.45) is 0 Å². The molecule has 4 aliphatic rings. The number of aromatic nitrogens is 3. The number of hydrogen-bond donors (Lipinski definition) is 1. The first-order valence-corrected chi connectivity index (χ1v) is 20.7. The molecule has 2 aromatic heterocycles.